The van der Waals surface area contributed by atoms with Crippen molar-refractivity contribution in [2.75, 3.05) is 0 Å². The van der Waals surface area contributed by atoms with Crippen LogP contribution in [0.15, 0.2) is 12.1 Å². The second-order valence-corrected chi connectivity index (χ2v) is 4.85. The topological polar surface area (TPSA) is 46.2 Å². The summed E-state index contributed by atoms with van der Waals surface area (Å²) in [6, 6.07) is 4.09. The molecule has 0 atom stereocenters. The molecule has 1 N–H and O–H groups in total. The average molecular weight is 231 g/mol. The summed E-state index contributed by atoms with van der Waals surface area (Å²) in [5, 5.41) is 2.73. The lowest BCUT2D eigenvalue weighted by atomic mass is 9.96. The van der Waals surface area contributed by atoms with Crippen molar-refractivity contribution in [2.45, 2.75) is 39.7 Å². The van der Waals surface area contributed by atoms with E-state index in [-0.39, 0.29) is 6.04 Å². The van der Waals surface area contributed by atoms with E-state index in [9.17, 15) is 9.59 Å². The van der Waals surface area contributed by atoms with Crippen molar-refractivity contribution in [1.82, 2.24) is 5.32 Å². The van der Waals surface area contributed by atoms with Gasteiger partial charge in [-0.05, 0) is 44.7 Å². The molecule has 0 bridgehead atoms. The molecular formula is C14H17NO2. The number of ketones is 1. The Bertz CT molecular complexity index is 464. The zero-order valence-corrected chi connectivity index (χ0v) is 10.5. The lowest BCUT2D eigenvalue weighted by molar-refractivity contribution is -0.117. The molecule has 0 unspecified atom stereocenters. The van der Waals surface area contributed by atoms with Gasteiger partial charge in [-0.25, -0.2) is 0 Å². The van der Waals surface area contributed by atoms with Crippen LogP contribution in [0.2, 0.25) is 0 Å². The number of Topliss-reactive ketones (excluding diaryl/α,β-unsaturated/α-hetero) is 1. The van der Waals surface area contributed by atoms with Gasteiger partial charge in [0.15, 0.2) is 0 Å². The maximum Gasteiger partial charge on any atom is 0.292 e. The van der Waals surface area contributed by atoms with Crippen LogP contribution in [0.5, 0.6) is 0 Å². The highest BCUT2D eigenvalue weighted by molar-refractivity contribution is 6.43. The molecule has 2 rings (SSSR count). The average Bonchev–Trinajstić information content (AvgIpc) is 2.99. The van der Waals surface area contributed by atoms with Gasteiger partial charge in [-0.2, -0.15) is 0 Å². The zero-order chi connectivity index (χ0) is 12.6. The largest absolute Gasteiger partial charge is 0.346 e. The zero-order valence-electron chi connectivity index (χ0n) is 10.5. The third-order valence-electron chi connectivity index (χ3n) is 3.02. The van der Waals surface area contributed by atoms with Crippen molar-refractivity contribution in [2.24, 2.45) is 0 Å². The minimum absolute atomic E-state index is 0.220. The Hall–Kier alpha value is -1.64. The number of amides is 1. The quantitative estimate of drug-likeness (QED) is 0.639. The van der Waals surface area contributed by atoms with Crippen molar-refractivity contribution in [3.05, 3.63) is 34.4 Å². The van der Waals surface area contributed by atoms with Crippen LogP contribution < -0.4 is 5.32 Å². The molecule has 0 aromatic heterocycles. The molecular weight excluding hydrogens is 214 g/mol. The minimum atomic E-state index is -0.470. The Kier molecular flexibility index (Phi) is 3.01. The summed E-state index contributed by atoms with van der Waals surface area (Å²) in [7, 11) is 0. The molecule has 3 heteroatoms. The van der Waals surface area contributed by atoms with Gasteiger partial charge in [0.05, 0.1) is 0 Å². The number of carbonyl (C=O) groups is 2. The summed E-state index contributed by atoms with van der Waals surface area (Å²) in [5.41, 5.74) is 3.41. The molecule has 90 valence electrons. The first-order valence-corrected chi connectivity index (χ1v) is 5.92. The maximum atomic E-state index is 12.0. The molecule has 0 saturated heterocycles. The summed E-state index contributed by atoms with van der Waals surface area (Å²) in [6.07, 6.45) is 1.98. The lowest BCUT2D eigenvalue weighted by Crippen LogP contribution is -2.33. The molecule has 1 saturated carbocycles. The molecule has 3 nitrogen and oxygen atoms in total. The SMILES string of the molecule is Cc1cc(C)c(C(=O)C(=O)NC2CC2)c(C)c1. The highest BCUT2D eigenvalue weighted by Gasteiger charge is 2.28. The molecule has 0 radical (unpaired) electrons. The molecule has 1 aliphatic rings. The van der Waals surface area contributed by atoms with Crippen LogP contribution in [0.1, 0.15) is 39.9 Å². The normalized spacial score (nSPS) is 14.5. The van der Waals surface area contributed by atoms with Gasteiger partial charge in [0.25, 0.3) is 11.7 Å². The van der Waals surface area contributed by atoms with Crippen LogP contribution in [-0.2, 0) is 4.79 Å². The van der Waals surface area contributed by atoms with Crippen LogP contribution in [0, 0.1) is 20.8 Å². The van der Waals surface area contributed by atoms with Crippen molar-refractivity contribution in [1.29, 1.82) is 0 Å². The minimum Gasteiger partial charge on any atom is -0.346 e. The summed E-state index contributed by atoms with van der Waals surface area (Å²) in [4.78, 5) is 23.8. The smallest absolute Gasteiger partial charge is 0.292 e. The molecule has 1 aromatic rings. The number of hydrogen-bond donors (Lipinski definition) is 1. The molecule has 0 spiro atoms. The van der Waals surface area contributed by atoms with Crippen LogP contribution in [0.4, 0.5) is 0 Å². The number of benzene rings is 1. The van der Waals surface area contributed by atoms with E-state index in [4.69, 9.17) is 0 Å². The van der Waals surface area contributed by atoms with Crippen molar-refractivity contribution in [3.63, 3.8) is 0 Å². The van der Waals surface area contributed by atoms with Crippen molar-refractivity contribution >= 4 is 11.7 Å². The summed E-state index contributed by atoms with van der Waals surface area (Å²) >= 11 is 0. The van der Waals surface area contributed by atoms with Crippen molar-refractivity contribution in [3.8, 4) is 0 Å². The lowest BCUT2D eigenvalue weighted by Gasteiger charge is -2.10. The van der Waals surface area contributed by atoms with E-state index in [0.717, 1.165) is 29.5 Å². The first-order chi connectivity index (χ1) is 7.99. The van der Waals surface area contributed by atoms with E-state index in [1.165, 1.54) is 0 Å². The Morgan fingerprint density at radius 2 is 1.65 bits per heavy atom. The number of nitrogens with one attached hydrogen (secondary N) is 1. The van der Waals surface area contributed by atoms with E-state index in [1.807, 2.05) is 32.9 Å². The second-order valence-electron chi connectivity index (χ2n) is 4.85. The Morgan fingerprint density at radius 1 is 1.12 bits per heavy atom. The van der Waals surface area contributed by atoms with E-state index in [2.05, 4.69) is 5.32 Å². The van der Waals surface area contributed by atoms with Gasteiger partial charge in [-0.15, -0.1) is 0 Å². The van der Waals surface area contributed by atoms with E-state index < -0.39 is 11.7 Å². The Labute approximate surface area is 101 Å². The van der Waals surface area contributed by atoms with Crippen LogP contribution in [0.25, 0.3) is 0 Å². The number of carbonyl (C=O) groups excluding carboxylic acids is 2. The predicted octanol–water partition coefficient (Wildman–Crippen LogP) is 2.07. The summed E-state index contributed by atoms with van der Waals surface area (Å²) in [6.45, 7) is 5.73. The van der Waals surface area contributed by atoms with Gasteiger partial charge in [0.1, 0.15) is 0 Å². The molecule has 1 aliphatic carbocycles. The highest BCUT2D eigenvalue weighted by Crippen LogP contribution is 2.20. The second kappa shape index (κ2) is 4.32. The Morgan fingerprint density at radius 3 is 2.12 bits per heavy atom. The third-order valence-corrected chi connectivity index (χ3v) is 3.02. The third kappa shape index (κ3) is 2.54. The molecule has 1 amide bonds. The number of hydrogen-bond acceptors (Lipinski definition) is 2. The van der Waals surface area contributed by atoms with Gasteiger partial charge < -0.3 is 5.32 Å². The maximum absolute atomic E-state index is 12.0. The van der Waals surface area contributed by atoms with Crippen molar-refractivity contribution < 1.29 is 9.59 Å². The van der Waals surface area contributed by atoms with E-state index in [0.29, 0.717) is 5.56 Å². The van der Waals surface area contributed by atoms with E-state index >= 15 is 0 Å². The fourth-order valence-corrected chi connectivity index (χ4v) is 2.13. The van der Waals surface area contributed by atoms with Crippen LogP contribution in [0.3, 0.4) is 0 Å². The molecule has 17 heavy (non-hydrogen) atoms. The van der Waals surface area contributed by atoms with Gasteiger partial charge in [0, 0.05) is 11.6 Å². The fourth-order valence-electron chi connectivity index (χ4n) is 2.13. The van der Waals surface area contributed by atoms with E-state index in [1.54, 1.807) is 0 Å². The molecule has 0 heterocycles. The molecule has 0 aliphatic heterocycles. The first-order valence-electron chi connectivity index (χ1n) is 5.92. The highest BCUT2D eigenvalue weighted by atomic mass is 16.2. The van der Waals surface area contributed by atoms with Gasteiger partial charge in [-0.1, -0.05) is 17.7 Å². The first kappa shape index (κ1) is 11.8. The molecule has 1 aromatic carbocycles. The fraction of sp³-hybridized carbons (Fsp3) is 0.429. The van der Waals surface area contributed by atoms with Gasteiger partial charge >= 0.3 is 0 Å². The summed E-state index contributed by atoms with van der Waals surface area (Å²) in [5.74, 6) is -0.880. The predicted molar refractivity (Wildman–Crippen MR) is 66.1 cm³/mol. The van der Waals surface area contributed by atoms with Crippen LogP contribution in [-0.4, -0.2) is 17.7 Å². The summed E-state index contributed by atoms with van der Waals surface area (Å²) < 4.78 is 0. The van der Waals surface area contributed by atoms with Crippen LogP contribution >= 0.6 is 0 Å². The number of aryl methyl sites for hydroxylation is 3. The number of rotatable bonds is 3. The molecule has 1 fully saturated rings. The monoisotopic (exact) mass is 231 g/mol. The standard InChI is InChI=1S/C14H17NO2/c1-8-6-9(2)12(10(3)7-8)13(16)14(17)15-11-4-5-11/h6-7,11H,4-5H2,1-3H3,(H,15,17). The van der Waals surface area contributed by atoms with Gasteiger partial charge in [-0.3, -0.25) is 9.59 Å². The van der Waals surface area contributed by atoms with Gasteiger partial charge in [0.2, 0.25) is 0 Å². The Balaban J connectivity index is 2.26.